The summed E-state index contributed by atoms with van der Waals surface area (Å²) in [6, 6.07) is 5.32. The Morgan fingerprint density at radius 1 is 1.28 bits per heavy atom. The lowest BCUT2D eigenvalue weighted by molar-refractivity contribution is -0.0710. The minimum absolute atomic E-state index is 0.341. The van der Waals surface area contributed by atoms with Gasteiger partial charge < -0.3 is 24.1 Å². The second-order valence-electron chi connectivity index (χ2n) is 4.03. The lowest BCUT2D eigenvalue weighted by Crippen LogP contribution is -2.13. The van der Waals surface area contributed by atoms with Crippen LogP contribution in [0.4, 0.5) is 0 Å². The van der Waals surface area contributed by atoms with Crippen LogP contribution in [-0.2, 0) is 9.47 Å². The molecule has 1 saturated heterocycles. The number of aliphatic hydroxyl groups is 1. The van der Waals surface area contributed by atoms with Crippen LogP contribution in [-0.4, -0.2) is 38.8 Å². The minimum Gasteiger partial charge on any atom is -0.497 e. The molecule has 0 radical (unpaired) electrons. The van der Waals surface area contributed by atoms with Crippen molar-refractivity contribution in [1.29, 1.82) is 0 Å². The van der Waals surface area contributed by atoms with E-state index in [1.165, 1.54) is 0 Å². The first kappa shape index (κ1) is 13.1. The van der Waals surface area contributed by atoms with Crippen molar-refractivity contribution >= 4 is 0 Å². The molecule has 1 aromatic rings. The monoisotopic (exact) mass is 254 g/mol. The van der Waals surface area contributed by atoms with Crippen molar-refractivity contribution < 1.29 is 24.1 Å². The Labute approximate surface area is 106 Å². The van der Waals surface area contributed by atoms with E-state index in [1.54, 1.807) is 32.4 Å². The molecule has 0 saturated carbocycles. The second kappa shape index (κ2) is 6.04. The summed E-state index contributed by atoms with van der Waals surface area (Å²) in [5, 5.41) is 10.2. The third-order valence-corrected chi connectivity index (χ3v) is 2.91. The summed E-state index contributed by atoms with van der Waals surface area (Å²) in [6.07, 6.45) is -0.636. The Morgan fingerprint density at radius 2 is 2.00 bits per heavy atom. The zero-order valence-corrected chi connectivity index (χ0v) is 10.6. The van der Waals surface area contributed by atoms with Crippen LogP contribution in [0.5, 0.6) is 11.5 Å². The zero-order valence-electron chi connectivity index (χ0n) is 10.6. The molecular weight excluding hydrogens is 236 g/mol. The van der Waals surface area contributed by atoms with E-state index in [-0.39, 0.29) is 6.29 Å². The van der Waals surface area contributed by atoms with Gasteiger partial charge in [-0.25, -0.2) is 0 Å². The number of hydrogen-bond acceptors (Lipinski definition) is 5. The molecule has 1 aliphatic heterocycles. The number of aliphatic hydroxyl groups excluding tert-OH is 1. The van der Waals surface area contributed by atoms with Gasteiger partial charge in [0, 0.05) is 18.1 Å². The number of rotatable bonds is 5. The number of ether oxygens (including phenoxy) is 4. The molecule has 1 atom stereocenters. The lowest BCUT2D eigenvalue weighted by atomic mass is 10.0. The topological polar surface area (TPSA) is 57.2 Å². The van der Waals surface area contributed by atoms with E-state index in [1.807, 2.05) is 0 Å². The van der Waals surface area contributed by atoms with Crippen molar-refractivity contribution in [3.05, 3.63) is 23.8 Å². The van der Waals surface area contributed by atoms with Gasteiger partial charge in [-0.3, -0.25) is 0 Å². The molecule has 1 N–H and O–H groups in total. The van der Waals surface area contributed by atoms with E-state index < -0.39 is 6.10 Å². The maximum absolute atomic E-state index is 10.2. The van der Waals surface area contributed by atoms with Gasteiger partial charge in [0.15, 0.2) is 6.29 Å². The highest BCUT2D eigenvalue weighted by atomic mass is 16.7. The fraction of sp³-hybridized carbons (Fsp3) is 0.538. The van der Waals surface area contributed by atoms with E-state index in [0.29, 0.717) is 36.7 Å². The summed E-state index contributed by atoms with van der Waals surface area (Å²) in [6.45, 7) is 1.16. The Morgan fingerprint density at radius 3 is 2.61 bits per heavy atom. The van der Waals surface area contributed by atoms with Gasteiger partial charge in [0.05, 0.1) is 33.5 Å². The molecule has 18 heavy (non-hydrogen) atoms. The van der Waals surface area contributed by atoms with Gasteiger partial charge >= 0.3 is 0 Å². The summed E-state index contributed by atoms with van der Waals surface area (Å²) < 4.78 is 21.0. The fourth-order valence-electron chi connectivity index (χ4n) is 1.95. The first-order chi connectivity index (χ1) is 8.74. The SMILES string of the molecule is COc1ccc(C(O)CC2OCCO2)c(OC)c1. The molecule has 1 fully saturated rings. The van der Waals surface area contributed by atoms with Crippen LogP contribution in [0.25, 0.3) is 0 Å². The summed E-state index contributed by atoms with van der Waals surface area (Å²) in [7, 11) is 3.15. The summed E-state index contributed by atoms with van der Waals surface area (Å²) >= 11 is 0. The molecule has 100 valence electrons. The first-order valence-corrected chi connectivity index (χ1v) is 5.87. The van der Waals surface area contributed by atoms with Gasteiger partial charge in [-0.2, -0.15) is 0 Å². The lowest BCUT2D eigenvalue weighted by Gasteiger charge is -2.18. The van der Waals surface area contributed by atoms with Gasteiger partial charge in [-0.05, 0) is 12.1 Å². The van der Waals surface area contributed by atoms with Gasteiger partial charge in [0.2, 0.25) is 0 Å². The van der Waals surface area contributed by atoms with E-state index in [0.717, 1.165) is 0 Å². The van der Waals surface area contributed by atoms with Crippen LogP contribution in [0, 0.1) is 0 Å². The number of benzene rings is 1. The van der Waals surface area contributed by atoms with E-state index in [2.05, 4.69) is 0 Å². The summed E-state index contributed by atoms with van der Waals surface area (Å²) in [5.74, 6) is 1.29. The largest absolute Gasteiger partial charge is 0.497 e. The second-order valence-corrected chi connectivity index (χ2v) is 4.03. The Hall–Kier alpha value is -1.30. The standard InChI is InChI=1S/C13H18O5/c1-15-9-3-4-10(12(7-9)16-2)11(14)8-13-17-5-6-18-13/h3-4,7,11,13-14H,5-6,8H2,1-2H3. The highest BCUT2D eigenvalue weighted by Crippen LogP contribution is 2.32. The molecule has 0 aromatic heterocycles. The summed E-state index contributed by atoms with van der Waals surface area (Å²) in [4.78, 5) is 0. The average Bonchev–Trinajstić information content (AvgIpc) is 2.90. The predicted molar refractivity (Wildman–Crippen MR) is 64.8 cm³/mol. The van der Waals surface area contributed by atoms with Crippen molar-refractivity contribution in [3.8, 4) is 11.5 Å². The van der Waals surface area contributed by atoms with Gasteiger partial charge in [0.25, 0.3) is 0 Å². The van der Waals surface area contributed by atoms with E-state index in [9.17, 15) is 5.11 Å². The third kappa shape index (κ3) is 2.93. The molecule has 1 heterocycles. The molecule has 0 bridgehead atoms. The number of methoxy groups -OCH3 is 2. The van der Waals surface area contributed by atoms with Crippen molar-refractivity contribution in [2.75, 3.05) is 27.4 Å². The normalized spacial score (nSPS) is 17.7. The molecule has 0 spiro atoms. The van der Waals surface area contributed by atoms with Crippen molar-refractivity contribution in [3.63, 3.8) is 0 Å². The van der Waals surface area contributed by atoms with E-state index in [4.69, 9.17) is 18.9 Å². The van der Waals surface area contributed by atoms with Crippen LogP contribution >= 0.6 is 0 Å². The highest BCUT2D eigenvalue weighted by Gasteiger charge is 2.23. The highest BCUT2D eigenvalue weighted by molar-refractivity contribution is 5.41. The molecule has 1 aromatic carbocycles. The molecule has 1 unspecified atom stereocenters. The smallest absolute Gasteiger partial charge is 0.160 e. The van der Waals surface area contributed by atoms with Crippen LogP contribution in [0.2, 0.25) is 0 Å². The Kier molecular flexibility index (Phi) is 4.41. The van der Waals surface area contributed by atoms with E-state index >= 15 is 0 Å². The van der Waals surface area contributed by atoms with Gasteiger partial charge in [0.1, 0.15) is 11.5 Å². The maximum atomic E-state index is 10.2. The molecule has 5 nitrogen and oxygen atoms in total. The molecule has 5 heteroatoms. The van der Waals surface area contributed by atoms with Crippen LogP contribution < -0.4 is 9.47 Å². The van der Waals surface area contributed by atoms with Crippen molar-refractivity contribution in [2.24, 2.45) is 0 Å². The predicted octanol–water partition coefficient (Wildman–Crippen LogP) is 1.50. The van der Waals surface area contributed by atoms with Crippen LogP contribution in [0.15, 0.2) is 18.2 Å². The number of hydrogen-bond donors (Lipinski definition) is 1. The first-order valence-electron chi connectivity index (χ1n) is 5.87. The summed E-state index contributed by atoms with van der Waals surface area (Å²) in [5.41, 5.74) is 0.706. The average molecular weight is 254 g/mol. The Bertz CT molecular complexity index is 387. The quantitative estimate of drug-likeness (QED) is 0.863. The molecular formula is C13H18O5. The molecule has 2 rings (SSSR count). The van der Waals surface area contributed by atoms with Gasteiger partial charge in [-0.15, -0.1) is 0 Å². The fourth-order valence-corrected chi connectivity index (χ4v) is 1.95. The van der Waals surface area contributed by atoms with Gasteiger partial charge in [-0.1, -0.05) is 0 Å². The van der Waals surface area contributed by atoms with Crippen LogP contribution in [0.3, 0.4) is 0 Å². The van der Waals surface area contributed by atoms with Crippen molar-refractivity contribution in [1.82, 2.24) is 0 Å². The zero-order chi connectivity index (χ0) is 13.0. The molecule has 0 amide bonds. The van der Waals surface area contributed by atoms with Crippen molar-refractivity contribution in [2.45, 2.75) is 18.8 Å². The maximum Gasteiger partial charge on any atom is 0.160 e. The minimum atomic E-state index is -0.686. The molecule has 1 aliphatic rings. The third-order valence-electron chi connectivity index (χ3n) is 2.91. The Balaban J connectivity index is 2.10. The van der Waals surface area contributed by atoms with Crippen LogP contribution in [0.1, 0.15) is 18.1 Å². The molecule has 0 aliphatic carbocycles.